The zero-order valence-electron chi connectivity index (χ0n) is 11.1. The summed E-state index contributed by atoms with van der Waals surface area (Å²) in [5.41, 5.74) is 5.60. The summed E-state index contributed by atoms with van der Waals surface area (Å²) in [6.45, 7) is 5.65. The van der Waals surface area contributed by atoms with Gasteiger partial charge in [-0.3, -0.25) is 14.4 Å². The number of hydrogen-bond donors (Lipinski definition) is 4. The van der Waals surface area contributed by atoms with Crippen molar-refractivity contribution in [3.63, 3.8) is 0 Å². The maximum atomic E-state index is 11.4. The second-order valence-electron chi connectivity index (χ2n) is 4.22. The van der Waals surface area contributed by atoms with Crippen LogP contribution >= 0.6 is 0 Å². The number of carbonyl (C=O) groups excluding carboxylic acids is 3. The van der Waals surface area contributed by atoms with Gasteiger partial charge in [0.05, 0.1) is 19.1 Å². The van der Waals surface area contributed by atoms with Crippen molar-refractivity contribution in [3.8, 4) is 0 Å². The second kappa shape index (κ2) is 8.46. The maximum Gasteiger partial charge on any atom is 0.239 e. The summed E-state index contributed by atoms with van der Waals surface area (Å²) in [7, 11) is 0. The summed E-state index contributed by atoms with van der Waals surface area (Å²) in [6, 6.07) is -0.638. The SMILES string of the molecule is CCNC(=O)CNC(=O)CNC(=O)[C@@H](N)C(C)C. The molecule has 5 N–H and O–H groups in total. The Morgan fingerprint density at radius 2 is 1.50 bits per heavy atom. The predicted octanol–water partition coefficient (Wildman–Crippen LogP) is -1.66. The van der Waals surface area contributed by atoms with E-state index in [1.807, 2.05) is 13.8 Å². The first-order valence-electron chi connectivity index (χ1n) is 5.95. The molecule has 7 heteroatoms. The lowest BCUT2D eigenvalue weighted by Crippen LogP contribution is -2.48. The van der Waals surface area contributed by atoms with E-state index in [2.05, 4.69) is 16.0 Å². The van der Waals surface area contributed by atoms with Crippen LogP contribution in [0.2, 0.25) is 0 Å². The third kappa shape index (κ3) is 6.85. The van der Waals surface area contributed by atoms with Gasteiger partial charge in [-0.05, 0) is 12.8 Å². The minimum Gasteiger partial charge on any atom is -0.355 e. The van der Waals surface area contributed by atoms with Crippen molar-refractivity contribution in [2.75, 3.05) is 19.6 Å². The molecule has 3 amide bonds. The Morgan fingerprint density at radius 1 is 1.00 bits per heavy atom. The zero-order chi connectivity index (χ0) is 14.1. The van der Waals surface area contributed by atoms with Crippen LogP contribution in [-0.4, -0.2) is 43.4 Å². The fraction of sp³-hybridized carbons (Fsp3) is 0.727. The van der Waals surface area contributed by atoms with Crippen molar-refractivity contribution in [1.82, 2.24) is 16.0 Å². The van der Waals surface area contributed by atoms with Gasteiger partial charge in [0.25, 0.3) is 0 Å². The average Bonchev–Trinajstić information content (AvgIpc) is 2.32. The third-order valence-electron chi connectivity index (χ3n) is 2.26. The molecule has 0 bridgehead atoms. The molecule has 1 atom stereocenters. The van der Waals surface area contributed by atoms with Crippen LogP contribution in [0, 0.1) is 5.92 Å². The van der Waals surface area contributed by atoms with Gasteiger partial charge in [0.2, 0.25) is 17.7 Å². The first-order chi connectivity index (χ1) is 8.38. The van der Waals surface area contributed by atoms with Crippen molar-refractivity contribution in [1.29, 1.82) is 0 Å². The van der Waals surface area contributed by atoms with Gasteiger partial charge in [-0.2, -0.15) is 0 Å². The van der Waals surface area contributed by atoms with E-state index in [4.69, 9.17) is 5.73 Å². The average molecular weight is 258 g/mol. The van der Waals surface area contributed by atoms with Gasteiger partial charge < -0.3 is 21.7 Å². The highest BCUT2D eigenvalue weighted by Gasteiger charge is 2.17. The quantitative estimate of drug-likeness (QED) is 0.437. The molecule has 0 radical (unpaired) electrons. The standard InChI is InChI=1S/C11H22N4O3/c1-4-13-8(16)5-14-9(17)6-15-11(18)10(12)7(2)3/h7,10H,4-6,12H2,1-3H3,(H,13,16)(H,14,17)(H,15,18)/t10-/m0/s1. The van der Waals surface area contributed by atoms with Gasteiger partial charge in [-0.1, -0.05) is 13.8 Å². The van der Waals surface area contributed by atoms with Crippen LogP contribution in [0.1, 0.15) is 20.8 Å². The summed E-state index contributed by atoms with van der Waals surface area (Å²) in [6.07, 6.45) is 0. The minimum absolute atomic E-state index is 0.00314. The van der Waals surface area contributed by atoms with Crippen LogP contribution in [0.5, 0.6) is 0 Å². The van der Waals surface area contributed by atoms with Gasteiger partial charge in [0.15, 0.2) is 0 Å². The molecular weight excluding hydrogens is 236 g/mol. The molecule has 0 aliphatic heterocycles. The maximum absolute atomic E-state index is 11.4. The fourth-order valence-electron chi connectivity index (χ4n) is 1.09. The Kier molecular flexibility index (Phi) is 7.69. The van der Waals surface area contributed by atoms with Gasteiger partial charge in [0.1, 0.15) is 0 Å². The van der Waals surface area contributed by atoms with Crippen molar-refractivity contribution in [3.05, 3.63) is 0 Å². The molecule has 0 unspecified atom stereocenters. The van der Waals surface area contributed by atoms with Crippen LogP contribution in [0.15, 0.2) is 0 Å². The van der Waals surface area contributed by atoms with Crippen LogP contribution < -0.4 is 21.7 Å². The molecule has 0 saturated carbocycles. The van der Waals surface area contributed by atoms with Crippen molar-refractivity contribution >= 4 is 17.7 Å². The lowest BCUT2D eigenvalue weighted by atomic mass is 10.1. The van der Waals surface area contributed by atoms with Crippen molar-refractivity contribution < 1.29 is 14.4 Å². The minimum atomic E-state index is -0.638. The molecule has 0 aromatic carbocycles. The first-order valence-corrected chi connectivity index (χ1v) is 5.95. The van der Waals surface area contributed by atoms with E-state index >= 15 is 0 Å². The largest absolute Gasteiger partial charge is 0.355 e. The monoisotopic (exact) mass is 258 g/mol. The van der Waals surface area contributed by atoms with Crippen LogP contribution in [0.4, 0.5) is 0 Å². The molecule has 0 rings (SSSR count). The lowest BCUT2D eigenvalue weighted by Gasteiger charge is -2.15. The first kappa shape index (κ1) is 16.4. The Balaban J connectivity index is 3.84. The highest BCUT2D eigenvalue weighted by Crippen LogP contribution is 1.97. The predicted molar refractivity (Wildman–Crippen MR) is 67.5 cm³/mol. The van der Waals surface area contributed by atoms with E-state index in [9.17, 15) is 14.4 Å². The Labute approximate surface area is 107 Å². The van der Waals surface area contributed by atoms with Gasteiger partial charge in [-0.25, -0.2) is 0 Å². The molecule has 104 valence electrons. The molecular formula is C11H22N4O3. The molecule has 0 spiro atoms. The number of carbonyl (C=O) groups is 3. The summed E-state index contributed by atoms with van der Waals surface area (Å²) >= 11 is 0. The number of likely N-dealkylation sites (N-methyl/N-ethyl adjacent to an activating group) is 1. The molecule has 0 fully saturated rings. The van der Waals surface area contributed by atoms with Crippen LogP contribution in [0.25, 0.3) is 0 Å². The van der Waals surface area contributed by atoms with E-state index < -0.39 is 11.9 Å². The van der Waals surface area contributed by atoms with Gasteiger partial charge in [0, 0.05) is 6.54 Å². The molecule has 0 heterocycles. The summed E-state index contributed by atoms with van der Waals surface area (Å²) in [5, 5.41) is 7.33. The molecule has 18 heavy (non-hydrogen) atoms. The Hall–Kier alpha value is -1.63. The molecule has 0 aromatic rings. The smallest absolute Gasteiger partial charge is 0.239 e. The molecule has 7 nitrogen and oxygen atoms in total. The third-order valence-corrected chi connectivity index (χ3v) is 2.26. The number of hydrogen-bond acceptors (Lipinski definition) is 4. The number of amides is 3. The van der Waals surface area contributed by atoms with Crippen molar-refractivity contribution in [2.45, 2.75) is 26.8 Å². The zero-order valence-corrected chi connectivity index (χ0v) is 11.1. The van der Waals surface area contributed by atoms with Crippen molar-refractivity contribution in [2.24, 2.45) is 11.7 Å². The molecule has 0 aromatic heterocycles. The van der Waals surface area contributed by atoms with E-state index in [0.717, 1.165) is 0 Å². The van der Waals surface area contributed by atoms with E-state index in [1.54, 1.807) is 6.92 Å². The van der Waals surface area contributed by atoms with Crippen LogP contribution in [-0.2, 0) is 14.4 Å². The molecule has 0 aliphatic carbocycles. The lowest BCUT2D eigenvalue weighted by molar-refractivity contribution is -0.128. The van der Waals surface area contributed by atoms with Crippen LogP contribution in [0.3, 0.4) is 0 Å². The number of rotatable bonds is 7. The number of nitrogens with one attached hydrogen (secondary N) is 3. The summed E-state index contributed by atoms with van der Waals surface area (Å²) < 4.78 is 0. The number of nitrogens with two attached hydrogens (primary N) is 1. The fourth-order valence-corrected chi connectivity index (χ4v) is 1.09. The van der Waals surface area contributed by atoms with E-state index in [1.165, 1.54) is 0 Å². The highest BCUT2D eigenvalue weighted by atomic mass is 16.2. The molecule has 0 aliphatic rings. The highest BCUT2D eigenvalue weighted by molar-refractivity contribution is 5.89. The Morgan fingerprint density at radius 3 is 2.00 bits per heavy atom. The van der Waals surface area contributed by atoms with Gasteiger partial charge in [-0.15, -0.1) is 0 Å². The Bertz CT molecular complexity index is 305. The summed E-state index contributed by atoms with van der Waals surface area (Å²) in [5.74, 6) is -1.07. The molecule has 0 saturated heterocycles. The topological polar surface area (TPSA) is 113 Å². The van der Waals surface area contributed by atoms with Gasteiger partial charge >= 0.3 is 0 Å². The van der Waals surface area contributed by atoms with E-state index in [0.29, 0.717) is 6.54 Å². The second-order valence-corrected chi connectivity index (χ2v) is 4.22. The summed E-state index contributed by atoms with van der Waals surface area (Å²) in [4.78, 5) is 33.8. The van der Waals surface area contributed by atoms with E-state index in [-0.39, 0.29) is 30.8 Å². The normalized spacial score (nSPS) is 11.8.